The van der Waals surface area contributed by atoms with E-state index in [-0.39, 0.29) is 0 Å². The molecule has 1 aromatic heterocycles. The minimum Gasteiger partial charge on any atom is -0.385 e. The van der Waals surface area contributed by atoms with Crippen LogP contribution in [0.25, 0.3) is 0 Å². The molecule has 102 valence electrons. The zero-order valence-corrected chi connectivity index (χ0v) is 12.3. The van der Waals surface area contributed by atoms with Crippen molar-refractivity contribution in [2.75, 3.05) is 31.3 Å². The standard InChI is InChI=1S/C13H23N3OS/c1-4-7-14-12-10-13(16-11(5-2)15-12)18-9-6-8-17-3/h10H,4-9H2,1-3H3,(H,14,15,16). The Balaban J connectivity index is 2.58. The Bertz CT molecular complexity index is 347. The Morgan fingerprint density at radius 1 is 1.33 bits per heavy atom. The first-order valence-corrected chi connectivity index (χ1v) is 7.52. The summed E-state index contributed by atoms with van der Waals surface area (Å²) in [5, 5.41) is 4.37. The Labute approximate surface area is 114 Å². The molecule has 5 heteroatoms. The molecule has 0 spiro atoms. The molecule has 1 N–H and O–H groups in total. The predicted molar refractivity (Wildman–Crippen MR) is 77.4 cm³/mol. The smallest absolute Gasteiger partial charge is 0.131 e. The second-order valence-corrected chi connectivity index (χ2v) is 5.10. The lowest BCUT2D eigenvalue weighted by atomic mass is 10.4. The molecule has 0 saturated heterocycles. The second-order valence-electron chi connectivity index (χ2n) is 3.98. The molecule has 1 heterocycles. The van der Waals surface area contributed by atoms with E-state index in [0.717, 1.165) is 54.8 Å². The van der Waals surface area contributed by atoms with Gasteiger partial charge in [-0.1, -0.05) is 13.8 Å². The summed E-state index contributed by atoms with van der Waals surface area (Å²) in [6.07, 6.45) is 3.01. The molecule has 0 aliphatic heterocycles. The summed E-state index contributed by atoms with van der Waals surface area (Å²) >= 11 is 1.77. The SMILES string of the molecule is CCCNc1cc(SCCCOC)nc(CC)n1. The normalized spacial score (nSPS) is 10.6. The van der Waals surface area contributed by atoms with Gasteiger partial charge in [0.2, 0.25) is 0 Å². The predicted octanol–water partition coefficient (Wildman–Crippen LogP) is 2.99. The minimum atomic E-state index is 0.805. The second kappa shape index (κ2) is 9.16. The van der Waals surface area contributed by atoms with Crippen molar-refractivity contribution in [1.29, 1.82) is 0 Å². The monoisotopic (exact) mass is 269 g/mol. The van der Waals surface area contributed by atoms with Crippen LogP contribution in [-0.2, 0) is 11.2 Å². The third-order valence-corrected chi connectivity index (χ3v) is 3.36. The van der Waals surface area contributed by atoms with Gasteiger partial charge in [-0.25, -0.2) is 9.97 Å². The van der Waals surface area contributed by atoms with Gasteiger partial charge < -0.3 is 10.1 Å². The molecule has 1 rings (SSSR count). The van der Waals surface area contributed by atoms with Crippen LogP contribution in [0, 0.1) is 0 Å². The number of rotatable bonds is 9. The van der Waals surface area contributed by atoms with Gasteiger partial charge in [0.25, 0.3) is 0 Å². The van der Waals surface area contributed by atoms with Crippen molar-refractivity contribution >= 4 is 17.6 Å². The molecule has 0 unspecified atom stereocenters. The van der Waals surface area contributed by atoms with E-state index in [0.29, 0.717) is 0 Å². The molecular weight excluding hydrogens is 246 g/mol. The van der Waals surface area contributed by atoms with Gasteiger partial charge in [-0.05, 0) is 12.8 Å². The van der Waals surface area contributed by atoms with Crippen LogP contribution in [0.15, 0.2) is 11.1 Å². The summed E-state index contributed by atoms with van der Waals surface area (Å²) in [4.78, 5) is 9.00. The van der Waals surface area contributed by atoms with Crippen LogP contribution in [0.5, 0.6) is 0 Å². The number of thioether (sulfide) groups is 1. The summed E-state index contributed by atoms with van der Waals surface area (Å²) in [5.41, 5.74) is 0. The van der Waals surface area contributed by atoms with E-state index in [2.05, 4.69) is 29.1 Å². The minimum absolute atomic E-state index is 0.805. The van der Waals surface area contributed by atoms with Gasteiger partial charge in [-0.3, -0.25) is 0 Å². The van der Waals surface area contributed by atoms with E-state index in [9.17, 15) is 0 Å². The van der Waals surface area contributed by atoms with Crippen LogP contribution in [0.3, 0.4) is 0 Å². The highest BCUT2D eigenvalue weighted by Gasteiger charge is 2.03. The van der Waals surface area contributed by atoms with Crippen molar-refractivity contribution in [2.45, 2.75) is 38.1 Å². The Kier molecular flexibility index (Phi) is 7.76. The molecule has 0 atom stereocenters. The van der Waals surface area contributed by atoms with Crippen LogP contribution in [-0.4, -0.2) is 36.0 Å². The molecule has 1 aromatic rings. The van der Waals surface area contributed by atoms with Crippen LogP contribution in [0.2, 0.25) is 0 Å². The highest BCUT2D eigenvalue weighted by Crippen LogP contribution is 2.19. The number of aryl methyl sites for hydroxylation is 1. The first-order valence-electron chi connectivity index (χ1n) is 6.53. The number of nitrogens with one attached hydrogen (secondary N) is 1. The van der Waals surface area contributed by atoms with E-state index < -0.39 is 0 Å². The van der Waals surface area contributed by atoms with Crippen LogP contribution < -0.4 is 5.32 Å². The molecule has 4 nitrogen and oxygen atoms in total. The van der Waals surface area contributed by atoms with E-state index in [1.807, 2.05) is 6.07 Å². The number of anilines is 1. The molecule has 0 fully saturated rings. The lowest BCUT2D eigenvalue weighted by molar-refractivity contribution is 0.200. The van der Waals surface area contributed by atoms with Crippen molar-refractivity contribution < 1.29 is 4.74 Å². The van der Waals surface area contributed by atoms with Gasteiger partial charge in [0.05, 0.1) is 0 Å². The van der Waals surface area contributed by atoms with E-state index in [1.165, 1.54) is 0 Å². The molecule has 0 bridgehead atoms. The Morgan fingerprint density at radius 2 is 2.17 bits per heavy atom. The number of nitrogens with zero attached hydrogens (tertiary/aromatic N) is 2. The fourth-order valence-corrected chi connectivity index (χ4v) is 2.26. The maximum atomic E-state index is 5.04. The fraction of sp³-hybridized carbons (Fsp3) is 0.692. The zero-order chi connectivity index (χ0) is 13.2. The molecule has 0 amide bonds. The fourth-order valence-electron chi connectivity index (χ4n) is 1.43. The summed E-state index contributed by atoms with van der Waals surface area (Å²) in [6, 6.07) is 2.03. The molecule has 0 aromatic carbocycles. The summed E-state index contributed by atoms with van der Waals surface area (Å²) < 4.78 is 5.04. The van der Waals surface area contributed by atoms with Crippen molar-refractivity contribution in [3.05, 3.63) is 11.9 Å². The first-order chi connectivity index (χ1) is 8.80. The third kappa shape index (κ3) is 5.69. The number of hydrogen-bond donors (Lipinski definition) is 1. The zero-order valence-electron chi connectivity index (χ0n) is 11.5. The van der Waals surface area contributed by atoms with Crippen LogP contribution in [0.1, 0.15) is 32.5 Å². The number of methoxy groups -OCH3 is 1. The summed E-state index contributed by atoms with van der Waals surface area (Å²) in [6.45, 7) is 5.99. The summed E-state index contributed by atoms with van der Waals surface area (Å²) in [7, 11) is 1.73. The van der Waals surface area contributed by atoms with E-state index in [1.54, 1.807) is 18.9 Å². The van der Waals surface area contributed by atoms with Crippen LogP contribution >= 0.6 is 11.8 Å². The van der Waals surface area contributed by atoms with Crippen molar-refractivity contribution in [2.24, 2.45) is 0 Å². The van der Waals surface area contributed by atoms with Gasteiger partial charge in [0.15, 0.2) is 0 Å². The topological polar surface area (TPSA) is 47.0 Å². The van der Waals surface area contributed by atoms with Gasteiger partial charge in [0.1, 0.15) is 16.7 Å². The Morgan fingerprint density at radius 3 is 2.83 bits per heavy atom. The highest BCUT2D eigenvalue weighted by molar-refractivity contribution is 7.99. The van der Waals surface area contributed by atoms with Crippen molar-refractivity contribution in [1.82, 2.24) is 9.97 Å². The average molecular weight is 269 g/mol. The summed E-state index contributed by atoms with van der Waals surface area (Å²) in [5.74, 6) is 2.88. The van der Waals surface area contributed by atoms with Gasteiger partial charge in [0, 0.05) is 38.5 Å². The molecule has 18 heavy (non-hydrogen) atoms. The van der Waals surface area contributed by atoms with Crippen molar-refractivity contribution in [3.8, 4) is 0 Å². The van der Waals surface area contributed by atoms with Gasteiger partial charge in [-0.2, -0.15) is 0 Å². The third-order valence-electron chi connectivity index (χ3n) is 2.36. The molecule has 0 radical (unpaired) electrons. The van der Waals surface area contributed by atoms with E-state index >= 15 is 0 Å². The molecule has 0 saturated carbocycles. The average Bonchev–Trinajstić information content (AvgIpc) is 2.41. The molecule has 0 aliphatic rings. The van der Waals surface area contributed by atoms with Crippen LogP contribution in [0.4, 0.5) is 5.82 Å². The molecular formula is C13H23N3OS. The lowest BCUT2D eigenvalue weighted by Crippen LogP contribution is -2.05. The maximum Gasteiger partial charge on any atom is 0.131 e. The van der Waals surface area contributed by atoms with Gasteiger partial charge >= 0.3 is 0 Å². The number of ether oxygens (including phenoxy) is 1. The van der Waals surface area contributed by atoms with E-state index in [4.69, 9.17) is 4.74 Å². The Hall–Kier alpha value is -0.810. The molecule has 0 aliphatic carbocycles. The number of aromatic nitrogens is 2. The maximum absolute atomic E-state index is 5.04. The van der Waals surface area contributed by atoms with Gasteiger partial charge in [-0.15, -0.1) is 11.8 Å². The lowest BCUT2D eigenvalue weighted by Gasteiger charge is -2.08. The highest BCUT2D eigenvalue weighted by atomic mass is 32.2. The largest absolute Gasteiger partial charge is 0.385 e. The quantitative estimate of drug-likeness (QED) is 0.424. The van der Waals surface area contributed by atoms with Crippen molar-refractivity contribution in [3.63, 3.8) is 0 Å². The first kappa shape index (κ1) is 15.2. The number of hydrogen-bond acceptors (Lipinski definition) is 5.